The molecule has 8 heterocycles. The monoisotopic (exact) mass is 1620 g/mol. The number of ether oxygens (including phenoxy) is 6. The van der Waals surface area contributed by atoms with Gasteiger partial charge in [0, 0.05) is 64.0 Å². The third-order valence-electron chi connectivity index (χ3n) is 20.0. The SMILES string of the molecule is COC(=O)[C@H]1NC(=O)[C@H]2NC(=O)[C@H](NC(=O)[C@@H]3NC(=O)[C@H]4NC(=O)[C@@H](Cc5ccc(c(Cl)c5)Oc5cc3cc(c5O)Oc3ccc(cc3Cl)[C@H]2O[C@@H]2O[C@H](CO)[C@@H](O)[C@H](O)[C@H]2NC(C)=O)NC(=O)[C@H](n2cc3ccccc3c2Sc2ccccc2)c2ccc(O)c(c2)Oc2cc(O)cc4c2)c2ccc(O)c(c2)-c2c(O)cc(O)cc21. The summed E-state index contributed by atoms with van der Waals surface area (Å²) in [5.41, 5.74) is -2.08. The Hall–Kier alpha value is -12.8. The molecule has 115 heavy (non-hydrogen) atoms. The summed E-state index contributed by atoms with van der Waals surface area (Å²) in [5.74, 6) is -15.8. The summed E-state index contributed by atoms with van der Waals surface area (Å²) < 4.78 is 38.8. The smallest absolute Gasteiger partial charge is 0.333 e. The summed E-state index contributed by atoms with van der Waals surface area (Å²) >= 11 is 15.7. The van der Waals surface area contributed by atoms with Crippen LogP contribution in [0.1, 0.15) is 82.2 Å². The molecule has 17 rings (SSSR count). The van der Waals surface area contributed by atoms with Gasteiger partial charge in [0.05, 0.1) is 28.8 Å². The Bertz CT molecular complexity index is 5640. The molecule has 17 bridgehead atoms. The van der Waals surface area contributed by atoms with Crippen molar-refractivity contribution >= 4 is 93.1 Å². The molecule has 0 unspecified atom stereocenters. The predicted octanol–water partition coefficient (Wildman–Crippen LogP) is 7.74. The first-order chi connectivity index (χ1) is 55.2. The Balaban J connectivity index is 0.927. The molecule has 1 saturated heterocycles. The fourth-order valence-electron chi connectivity index (χ4n) is 14.5. The molecule has 1 aromatic heterocycles. The number of phenols is 6. The zero-order valence-electron chi connectivity index (χ0n) is 60.0. The van der Waals surface area contributed by atoms with Crippen LogP contribution in [0, 0.1) is 0 Å². The van der Waals surface area contributed by atoms with Gasteiger partial charge in [0.2, 0.25) is 47.1 Å². The number of esters is 1. The lowest BCUT2D eigenvalue weighted by Crippen LogP contribution is -2.65. The maximum atomic E-state index is 16.4. The number of hydrogen-bond acceptors (Lipinski definition) is 24. The van der Waals surface area contributed by atoms with Gasteiger partial charge in [-0.2, -0.15) is 0 Å². The van der Waals surface area contributed by atoms with Crippen LogP contribution in [0.3, 0.4) is 0 Å². The molecular weight excluding hydrogens is 1560 g/mol. The molecule has 0 radical (unpaired) electrons. The number of amides is 7. The maximum Gasteiger partial charge on any atom is 0.333 e. The van der Waals surface area contributed by atoms with Gasteiger partial charge in [-0.05, 0) is 124 Å². The second-order valence-corrected chi connectivity index (χ2v) is 29.5. The van der Waals surface area contributed by atoms with Crippen LogP contribution in [0.25, 0.3) is 21.9 Å². The highest BCUT2D eigenvalue weighted by Crippen LogP contribution is 2.50. The number of nitrogens with one attached hydrogen (secondary N) is 7. The van der Waals surface area contributed by atoms with Gasteiger partial charge >= 0.3 is 5.97 Å². The summed E-state index contributed by atoms with van der Waals surface area (Å²) in [5, 5.41) is 124. The van der Waals surface area contributed by atoms with E-state index in [0.29, 0.717) is 10.4 Å². The molecule has 590 valence electrons. The molecule has 1 fully saturated rings. The van der Waals surface area contributed by atoms with Gasteiger partial charge in [-0.15, -0.1) is 0 Å². The standard InChI is InChI=1S/C81H68Cl2N8O23S/c1-34(93)84-66-71(101)70(100)60(33-92)113-81(66)114-72-38-15-19-56(50(83)25-38)112-59-28-41-27-58(69(59)99)111-55-18-12-35(20-49(55)82)21-51-73(102)86-63(75(104)88-64(41)76(105)87-62-36-13-16-52(96)47(24-36)61-48(30-43(95)31-54(61)98)65(80(108)109-2)89-77(106)67(72)90-74(62)103)40-22-42(94)29-44(23-40)110-57-26-37(14-17-53(57)97)68(78(107)85-51)91-32-39-8-6-7-11-46(39)79(91)115-45-9-4-3-5-10-45/h3-20,22-32,51,60,62-68,70-72,81,92,94-101H,21,33H2,1-2H3,(H,84,93)(H,85,107)(H,86,102)(H,87,105)(H,88,104)(H,89,106)(H,90,103)/t51-,60-,62-,63+,64-,65+,66-,67+,68-,70-,71-,72-,81+/m1/s1. The number of carbonyl (C=O) groups excluding carboxylic acids is 8. The predicted molar refractivity (Wildman–Crippen MR) is 407 cm³/mol. The summed E-state index contributed by atoms with van der Waals surface area (Å²) in [6.07, 6.45) is -8.39. The second-order valence-electron chi connectivity index (χ2n) is 27.6. The van der Waals surface area contributed by atoms with Crippen LogP contribution < -0.4 is 51.4 Å². The fourth-order valence-corrected chi connectivity index (χ4v) is 16.1. The van der Waals surface area contributed by atoms with Crippen molar-refractivity contribution in [3.05, 3.63) is 225 Å². The second kappa shape index (κ2) is 31.6. The first-order valence-corrected chi connectivity index (χ1v) is 37.1. The molecule has 31 nitrogen and oxygen atoms in total. The summed E-state index contributed by atoms with van der Waals surface area (Å²) in [6, 6.07) is 23.3. The Labute approximate surface area is 665 Å². The van der Waals surface area contributed by atoms with E-state index in [0.717, 1.165) is 85.0 Å². The number of rotatable bonds is 8. The third-order valence-corrected chi connectivity index (χ3v) is 21.7. The van der Waals surface area contributed by atoms with E-state index in [1.807, 2.05) is 54.6 Å². The fraction of sp³-hybridized carbons (Fsp3) is 0.210. The highest BCUT2D eigenvalue weighted by molar-refractivity contribution is 7.99. The van der Waals surface area contributed by atoms with Crippen LogP contribution in [0.15, 0.2) is 186 Å². The zero-order chi connectivity index (χ0) is 81.1. The van der Waals surface area contributed by atoms with Gasteiger partial charge in [-0.25, -0.2) is 4.79 Å². The van der Waals surface area contributed by atoms with Crippen molar-refractivity contribution < 1.29 is 113 Å². The lowest BCUT2D eigenvalue weighted by Gasteiger charge is -2.44. The molecule has 34 heteroatoms. The normalized spacial score (nSPS) is 23.3. The van der Waals surface area contributed by atoms with E-state index < -0.39 is 207 Å². The minimum atomic E-state index is -2.34. The quantitative estimate of drug-likeness (QED) is 0.0647. The summed E-state index contributed by atoms with van der Waals surface area (Å²) in [4.78, 5) is 125. The lowest BCUT2D eigenvalue weighted by atomic mass is 9.89. The van der Waals surface area contributed by atoms with Crippen molar-refractivity contribution in [2.45, 2.75) is 102 Å². The highest BCUT2D eigenvalue weighted by Gasteiger charge is 2.50. The summed E-state index contributed by atoms with van der Waals surface area (Å²) in [6.45, 7) is 0.0529. The number of phenolic OH excluding ortho intramolecular Hbond substituents is 6. The molecule has 7 aliphatic heterocycles. The van der Waals surface area contributed by atoms with E-state index in [1.165, 1.54) is 66.4 Å². The number of benzene rings is 9. The molecule has 10 aromatic rings. The first kappa shape index (κ1) is 77.5. The minimum Gasteiger partial charge on any atom is -0.508 e. The number of aromatic nitrogens is 1. The number of fused-ring (bicyclic) bond motifs is 15. The van der Waals surface area contributed by atoms with Gasteiger partial charge in [0.25, 0.3) is 0 Å². The molecule has 0 spiro atoms. The van der Waals surface area contributed by atoms with Crippen LogP contribution in [-0.4, -0.2) is 154 Å². The van der Waals surface area contributed by atoms with Gasteiger partial charge in [0.1, 0.15) is 107 Å². The number of halogens is 2. The average molecular weight is 1620 g/mol. The van der Waals surface area contributed by atoms with E-state index in [1.54, 1.807) is 10.8 Å². The average Bonchev–Trinajstić information content (AvgIpc) is 1.70. The van der Waals surface area contributed by atoms with Crippen LogP contribution in [-0.2, 0) is 59.0 Å². The van der Waals surface area contributed by atoms with Gasteiger partial charge in [-0.3, -0.25) is 33.6 Å². The highest BCUT2D eigenvalue weighted by atomic mass is 35.5. The minimum absolute atomic E-state index is 0.167. The molecule has 13 atom stereocenters. The van der Waals surface area contributed by atoms with Crippen LogP contribution in [0.4, 0.5) is 0 Å². The van der Waals surface area contributed by atoms with Crippen LogP contribution >= 0.6 is 35.0 Å². The lowest BCUT2D eigenvalue weighted by molar-refractivity contribution is -0.284. The number of methoxy groups -OCH3 is 1. The van der Waals surface area contributed by atoms with E-state index >= 15 is 28.8 Å². The molecular formula is C81H68Cl2N8O23S. The van der Waals surface area contributed by atoms with Crippen LogP contribution in [0.2, 0.25) is 10.0 Å². The number of nitrogens with zero attached hydrogens (tertiary/aromatic N) is 1. The van der Waals surface area contributed by atoms with Crippen molar-refractivity contribution in [1.82, 2.24) is 41.8 Å². The Morgan fingerprint density at radius 1 is 0.574 bits per heavy atom. The van der Waals surface area contributed by atoms with Crippen molar-refractivity contribution in [3.63, 3.8) is 0 Å². The largest absolute Gasteiger partial charge is 0.508 e. The van der Waals surface area contributed by atoms with Crippen molar-refractivity contribution in [3.8, 4) is 80.1 Å². The van der Waals surface area contributed by atoms with Gasteiger partial charge in [0.15, 0.2) is 35.3 Å². The zero-order valence-corrected chi connectivity index (χ0v) is 62.3. The number of aromatic hydroxyl groups is 6. The Morgan fingerprint density at radius 2 is 1.20 bits per heavy atom. The topological polar surface area (TPSA) is 463 Å². The Kier molecular flexibility index (Phi) is 21.3. The molecule has 7 aliphatic rings. The third kappa shape index (κ3) is 15.4. The molecule has 0 saturated carbocycles. The van der Waals surface area contributed by atoms with E-state index in [4.69, 9.17) is 51.6 Å². The van der Waals surface area contributed by atoms with Gasteiger partial charge < -0.3 is 116 Å². The Morgan fingerprint density at radius 3 is 1.90 bits per heavy atom. The van der Waals surface area contributed by atoms with Crippen LogP contribution in [0.5, 0.6) is 69.0 Å². The van der Waals surface area contributed by atoms with E-state index in [2.05, 4.69) is 37.2 Å². The van der Waals surface area contributed by atoms with Crippen molar-refractivity contribution in [2.24, 2.45) is 0 Å². The summed E-state index contributed by atoms with van der Waals surface area (Å²) in [7, 11) is 0.928. The molecule has 16 N–H and O–H groups in total. The number of aliphatic hydroxyl groups excluding tert-OH is 3. The molecule has 9 aromatic carbocycles. The van der Waals surface area contributed by atoms with Crippen molar-refractivity contribution in [2.75, 3.05) is 13.7 Å². The maximum absolute atomic E-state index is 16.4. The number of hydrogen-bond donors (Lipinski definition) is 16. The first-order valence-electron chi connectivity index (χ1n) is 35.5. The number of carbonyl (C=O) groups is 8. The number of aliphatic hydroxyl groups is 3. The molecule has 7 amide bonds. The van der Waals surface area contributed by atoms with E-state index in [9.17, 15) is 55.5 Å². The molecule has 0 aliphatic carbocycles. The van der Waals surface area contributed by atoms with E-state index in [-0.39, 0.29) is 61.4 Å². The van der Waals surface area contributed by atoms with Gasteiger partial charge in [-0.1, -0.05) is 102 Å². The van der Waals surface area contributed by atoms with Crippen molar-refractivity contribution in [1.29, 1.82) is 0 Å².